The molecule has 1 saturated heterocycles. The Morgan fingerprint density at radius 2 is 2.42 bits per heavy atom. The Bertz CT molecular complexity index is 148. The molecule has 1 aliphatic rings. The van der Waals surface area contributed by atoms with Crippen LogP contribution in [-0.4, -0.2) is 31.9 Å². The molecule has 0 amide bonds. The Hall–Kier alpha value is -0.690. The van der Waals surface area contributed by atoms with Crippen LogP contribution in [0.25, 0.3) is 0 Å². The number of hydrogen-bond acceptors (Lipinski definition) is 6. The van der Waals surface area contributed by atoms with Crippen molar-refractivity contribution in [2.75, 3.05) is 19.8 Å². The van der Waals surface area contributed by atoms with Crippen molar-refractivity contribution < 1.29 is 19.1 Å². The van der Waals surface area contributed by atoms with E-state index >= 15 is 0 Å². The van der Waals surface area contributed by atoms with Crippen LogP contribution in [0.2, 0.25) is 0 Å². The van der Waals surface area contributed by atoms with Gasteiger partial charge in [0.2, 0.25) is 0 Å². The predicted octanol–water partition coefficient (Wildman–Crippen LogP) is -1.29. The maximum Gasteiger partial charge on any atom is 0.328 e. The molecule has 0 unspecified atom stereocenters. The molecule has 0 saturated carbocycles. The number of nitrogens with two attached hydrogens (primary N) is 1. The highest BCUT2D eigenvalue weighted by Gasteiger charge is 2.18. The largest absolute Gasteiger partial charge is 0.376 e. The van der Waals surface area contributed by atoms with E-state index in [4.69, 9.17) is 15.3 Å². The molecule has 0 spiro atoms. The molecule has 70 valence electrons. The summed E-state index contributed by atoms with van der Waals surface area (Å²) in [7, 11) is 0. The highest BCUT2D eigenvalue weighted by Crippen LogP contribution is 2.05. The molecule has 6 nitrogen and oxygen atoms in total. The minimum Gasteiger partial charge on any atom is -0.376 e. The van der Waals surface area contributed by atoms with Crippen LogP contribution < -0.4 is 11.4 Å². The van der Waals surface area contributed by atoms with Crippen LogP contribution in [-0.2, 0) is 19.1 Å². The van der Waals surface area contributed by atoms with E-state index in [0.29, 0.717) is 19.8 Å². The zero-order chi connectivity index (χ0) is 8.81. The van der Waals surface area contributed by atoms with E-state index in [0.717, 1.165) is 0 Å². The Labute approximate surface area is 69.9 Å². The molecule has 0 bridgehead atoms. The normalized spacial score (nSPS) is 17.1. The molecule has 12 heavy (non-hydrogen) atoms. The first kappa shape index (κ1) is 9.40. The number of ether oxygens (including phenoxy) is 2. The number of rotatable bonds is 5. The van der Waals surface area contributed by atoms with Gasteiger partial charge in [0.1, 0.15) is 6.10 Å². The first-order chi connectivity index (χ1) is 5.83. The summed E-state index contributed by atoms with van der Waals surface area (Å²) in [5.74, 6) is 4.31. The molecule has 1 rings (SSSR count). The molecule has 1 heterocycles. The highest BCUT2D eigenvalue weighted by molar-refractivity contribution is 5.69. The van der Waals surface area contributed by atoms with Gasteiger partial charge >= 0.3 is 5.97 Å². The molecule has 1 aliphatic heterocycles. The van der Waals surface area contributed by atoms with Gasteiger partial charge in [0.05, 0.1) is 26.2 Å². The van der Waals surface area contributed by atoms with Gasteiger partial charge < -0.3 is 14.3 Å². The van der Waals surface area contributed by atoms with Crippen LogP contribution in [0.5, 0.6) is 0 Å². The maximum atomic E-state index is 10.7. The predicted molar refractivity (Wildman–Crippen MR) is 38.6 cm³/mol. The van der Waals surface area contributed by atoms with Crippen LogP contribution in [0.1, 0.15) is 6.42 Å². The lowest BCUT2D eigenvalue weighted by atomic mass is 10.3. The van der Waals surface area contributed by atoms with Crippen molar-refractivity contribution in [1.82, 2.24) is 5.59 Å². The minimum atomic E-state index is -0.433. The van der Waals surface area contributed by atoms with Crippen molar-refractivity contribution in [3.63, 3.8) is 0 Å². The van der Waals surface area contributed by atoms with Gasteiger partial charge in [-0.25, -0.2) is 5.84 Å². The number of carbonyl (C=O) groups is 1. The van der Waals surface area contributed by atoms with Crippen molar-refractivity contribution in [3.8, 4) is 0 Å². The molecule has 0 radical (unpaired) electrons. The Kier molecular flexibility index (Phi) is 3.95. The summed E-state index contributed by atoms with van der Waals surface area (Å²) in [6.07, 6.45) is 0.337. The summed E-state index contributed by atoms with van der Waals surface area (Å²) in [5.41, 5.74) is 1.80. The third kappa shape index (κ3) is 3.14. The third-order valence-electron chi connectivity index (χ3n) is 1.44. The second kappa shape index (κ2) is 5.04. The average molecular weight is 176 g/mol. The second-order valence-corrected chi connectivity index (χ2v) is 2.37. The summed E-state index contributed by atoms with van der Waals surface area (Å²) in [4.78, 5) is 14.9. The second-order valence-electron chi connectivity index (χ2n) is 2.37. The number of hydrogen-bond donors (Lipinski definition) is 2. The SMILES string of the molecule is NNOC(=O)CCOC1COC1. The van der Waals surface area contributed by atoms with Gasteiger partial charge in [-0.3, -0.25) is 4.79 Å². The van der Waals surface area contributed by atoms with Gasteiger partial charge in [-0.1, -0.05) is 5.59 Å². The monoisotopic (exact) mass is 176 g/mol. The molecular weight excluding hydrogens is 164 g/mol. The zero-order valence-electron chi connectivity index (χ0n) is 6.62. The Morgan fingerprint density at radius 1 is 1.67 bits per heavy atom. The fraction of sp³-hybridized carbons (Fsp3) is 0.833. The lowest BCUT2D eigenvalue weighted by Gasteiger charge is -2.25. The third-order valence-corrected chi connectivity index (χ3v) is 1.44. The highest BCUT2D eigenvalue weighted by atomic mass is 16.7. The van der Waals surface area contributed by atoms with Crippen molar-refractivity contribution >= 4 is 5.97 Å². The van der Waals surface area contributed by atoms with Crippen molar-refractivity contribution in [3.05, 3.63) is 0 Å². The Morgan fingerprint density at radius 3 is 2.92 bits per heavy atom. The van der Waals surface area contributed by atoms with E-state index < -0.39 is 5.97 Å². The smallest absolute Gasteiger partial charge is 0.328 e. The molecule has 0 aromatic carbocycles. The minimum absolute atomic E-state index is 0.142. The van der Waals surface area contributed by atoms with E-state index in [-0.39, 0.29) is 12.5 Å². The van der Waals surface area contributed by atoms with Gasteiger partial charge in [0, 0.05) is 0 Å². The van der Waals surface area contributed by atoms with Crippen LogP contribution in [0.15, 0.2) is 0 Å². The molecule has 0 aromatic rings. The quantitative estimate of drug-likeness (QED) is 0.401. The summed E-state index contributed by atoms with van der Waals surface area (Å²) in [6.45, 7) is 1.57. The molecule has 6 heteroatoms. The standard InChI is InChI=1S/C6H12N2O4/c7-8-12-6(9)1-2-11-5-3-10-4-5/h5,8H,1-4,7H2. The van der Waals surface area contributed by atoms with Gasteiger partial charge in [-0.15, -0.1) is 0 Å². The topological polar surface area (TPSA) is 82.8 Å². The Balaban J connectivity index is 1.90. The maximum absolute atomic E-state index is 10.7. The number of nitrogens with one attached hydrogen (secondary N) is 1. The van der Waals surface area contributed by atoms with E-state index in [1.807, 2.05) is 0 Å². The molecule has 0 aliphatic carbocycles. The van der Waals surface area contributed by atoms with Crippen molar-refractivity contribution in [2.24, 2.45) is 5.84 Å². The van der Waals surface area contributed by atoms with E-state index in [1.54, 1.807) is 5.59 Å². The van der Waals surface area contributed by atoms with Crippen LogP contribution in [0.3, 0.4) is 0 Å². The van der Waals surface area contributed by atoms with Crippen LogP contribution in [0.4, 0.5) is 0 Å². The van der Waals surface area contributed by atoms with Gasteiger partial charge in [-0.2, -0.15) is 0 Å². The van der Waals surface area contributed by atoms with E-state index in [1.165, 1.54) is 0 Å². The lowest BCUT2D eigenvalue weighted by molar-refractivity contribution is -0.158. The van der Waals surface area contributed by atoms with Gasteiger partial charge in [0.15, 0.2) is 0 Å². The van der Waals surface area contributed by atoms with Crippen molar-refractivity contribution in [2.45, 2.75) is 12.5 Å². The summed E-state index contributed by atoms with van der Waals surface area (Å²) in [5, 5.41) is 0. The molecule has 3 N–H and O–H groups in total. The first-order valence-electron chi connectivity index (χ1n) is 3.67. The summed E-state index contributed by atoms with van der Waals surface area (Å²) < 4.78 is 10.1. The number of hydrazine groups is 1. The lowest BCUT2D eigenvalue weighted by Crippen LogP contribution is -2.36. The van der Waals surface area contributed by atoms with Gasteiger partial charge in [-0.05, 0) is 0 Å². The van der Waals surface area contributed by atoms with E-state index in [9.17, 15) is 4.79 Å². The summed E-state index contributed by atoms with van der Waals surface area (Å²) in [6, 6.07) is 0. The first-order valence-corrected chi connectivity index (χ1v) is 3.67. The fourth-order valence-corrected chi connectivity index (χ4v) is 0.736. The number of carbonyl (C=O) groups excluding carboxylic acids is 1. The molecular formula is C6H12N2O4. The van der Waals surface area contributed by atoms with Gasteiger partial charge in [0.25, 0.3) is 0 Å². The fourth-order valence-electron chi connectivity index (χ4n) is 0.736. The van der Waals surface area contributed by atoms with Crippen LogP contribution in [0, 0.1) is 0 Å². The average Bonchev–Trinajstić information content (AvgIpc) is 1.95. The van der Waals surface area contributed by atoms with E-state index in [2.05, 4.69) is 4.84 Å². The van der Waals surface area contributed by atoms with Crippen molar-refractivity contribution in [1.29, 1.82) is 0 Å². The molecule has 0 aromatic heterocycles. The zero-order valence-corrected chi connectivity index (χ0v) is 6.62. The molecule has 1 fully saturated rings. The van der Waals surface area contributed by atoms with Crippen LogP contribution >= 0.6 is 0 Å². The summed E-state index contributed by atoms with van der Waals surface area (Å²) >= 11 is 0. The molecule has 0 atom stereocenters.